The summed E-state index contributed by atoms with van der Waals surface area (Å²) in [6.07, 6.45) is 6.58. The van der Waals surface area contributed by atoms with Crippen molar-refractivity contribution in [3.63, 3.8) is 0 Å². The topological polar surface area (TPSA) is 81.9 Å². The second-order valence-corrected chi connectivity index (χ2v) is 8.99. The SMILES string of the molecule is COc1ccc2ncc(=O)n(-c3ccc4c(c3)CCCC4CNCc3cc(C)c(C)cn3)c2n1. The molecule has 1 aliphatic rings. The lowest BCUT2D eigenvalue weighted by Gasteiger charge is -2.26. The first kappa shape index (κ1) is 22.2. The third kappa shape index (κ3) is 4.31. The lowest BCUT2D eigenvalue weighted by atomic mass is 9.82. The molecular weight excluding hydrogens is 426 g/mol. The first-order valence-corrected chi connectivity index (χ1v) is 11.7. The fourth-order valence-corrected chi connectivity index (χ4v) is 4.75. The molecule has 0 spiro atoms. The molecule has 0 fully saturated rings. The van der Waals surface area contributed by atoms with Gasteiger partial charge in [0.1, 0.15) is 5.52 Å². The third-order valence-corrected chi connectivity index (χ3v) is 6.73. The number of nitrogens with one attached hydrogen (secondary N) is 1. The van der Waals surface area contributed by atoms with Gasteiger partial charge >= 0.3 is 0 Å². The quantitative estimate of drug-likeness (QED) is 0.473. The first-order chi connectivity index (χ1) is 16.5. The monoisotopic (exact) mass is 455 g/mol. The zero-order valence-electron chi connectivity index (χ0n) is 19.8. The van der Waals surface area contributed by atoms with Crippen LogP contribution in [0.15, 0.2) is 53.6 Å². The number of nitrogens with zero attached hydrogens (tertiary/aromatic N) is 4. The predicted octanol–water partition coefficient (Wildman–Crippen LogP) is 4.01. The molecule has 0 aliphatic heterocycles. The lowest BCUT2D eigenvalue weighted by molar-refractivity contribution is 0.399. The largest absolute Gasteiger partial charge is 0.481 e. The Balaban J connectivity index is 1.40. The Bertz CT molecular complexity index is 1410. The van der Waals surface area contributed by atoms with Crippen molar-refractivity contribution in [3.05, 3.63) is 87.1 Å². The maximum atomic E-state index is 12.8. The van der Waals surface area contributed by atoms with E-state index in [0.717, 1.165) is 43.7 Å². The van der Waals surface area contributed by atoms with E-state index >= 15 is 0 Å². The molecule has 0 amide bonds. The van der Waals surface area contributed by atoms with Crippen molar-refractivity contribution in [2.45, 2.75) is 45.6 Å². The maximum Gasteiger partial charge on any atom is 0.275 e. The molecule has 0 saturated heterocycles. The van der Waals surface area contributed by atoms with Crippen molar-refractivity contribution in [2.75, 3.05) is 13.7 Å². The van der Waals surface area contributed by atoms with E-state index in [1.165, 1.54) is 28.5 Å². The van der Waals surface area contributed by atoms with Crippen LogP contribution in [0.2, 0.25) is 0 Å². The van der Waals surface area contributed by atoms with Gasteiger partial charge in [-0.1, -0.05) is 6.07 Å². The first-order valence-electron chi connectivity index (χ1n) is 11.7. The van der Waals surface area contributed by atoms with Crippen molar-refractivity contribution < 1.29 is 4.74 Å². The number of hydrogen-bond donors (Lipinski definition) is 1. The van der Waals surface area contributed by atoms with Crippen molar-refractivity contribution in [3.8, 4) is 11.6 Å². The molecule has 1 N–H and O–H groups in total. The van der Waals surface area contributed by atoms with E-state index in [-0.39, 0.29) is 5.56 Å². The van der Waals surface area contributed by atoms with Gasteiger partial charge in [-0.25, -0.2) is 4.98 Å². The van der Waals surface area contributed by atoms with Crippen LogP contribution in [0.5, 0.6) is 5.88 Å². The molecule has 0 bridgehead atoms. The third-order valence-electron chi connectivity index (χ3n) is 6.73. The Labute approximate surface area is 198 Å². The van der Waals surface area contributed by atoms with Crippen LogP contribution in [-0.2, 0) is 13.0 Å². The van der Waals surface area contributed by atoms with Crippen molar-refractivity contribution >= 4 is 11.2 Å². The maximum absolute atomic E-state index is 12.8. The van der Waals surface area contributed by atoms with Gasteiger partial charge in [0.05, 0.1) is 24.7 Å². The van der Waals surface area contributed by atoms with Crippen LogP contribution in [0.1, 0.15) is 46.7 Å². The summed E-state index contributed by atoms with van der Waals surface area (Å²) in [4.78, 5) is 26.1. The van der Waals surface area contributed by atoms with Crippen LogP contribution < -0.4 is 15.6 Å². The molecule has 7 heteroatoms. The van der Waals surface area contributed by atoms with Gasteiger partial charge < -0.3 is 10.1 Å². The second-order valence-electron chi connectivity index (χ2n) is 8.99. The van der Waals surface area contributed by atoms with Crippen LogP contribution in [-0.4, -0.2) is 33.2 Å². The smallest absolute Gasteiger partial charge is 0.275 e. The van der Waals surface area contributed by atoms with Gasteiger partial charge in [-0.2, -0.15) is 4.98 Å². The molecule has 0 radical (unpaired) electrons. The number of hydrogen-bond acceptors (Lipinski definition) is 6. The summed E-state index contributed by atoms with van der Waals surface area (Å²) in [5.74, 6) is 0.893. The molecule has 4 aromatic rings. The van der Waals surface area contributed by atoms with Gasteiger partial charge in [0.2, 0.25) is 5.88 Å². The minimum absolute atomic E-state index is 0.205. The highest BCUT2D eigenvalue weighted by Gasteiger charge is 2.21. The highest BCUT2D eigenvalue weighted by atomic mass is 16.5. The lowest BCUT2D eigenvalue weighted by Crippen LogP contribution is -2.25. The van der Waals surface area contributed by atoms with Gasteiger partial charge in [0, 0.05) is 25.4 Å². The Kier molecular flexibility index (Phi) is 6.11. The van der Waals surface area contributed by atoms with Crippen molar-refractivity contribution in [1.82, 2.24) is 24.8 Å². The summed E-state index contributed by atoms with van der Waals surface area (Å²) in [6, 6.07) is 12.1. The Morgan fingerprint density at radius 1 is 1.09 bits per heavy atom. The summed E-state index contributed by atoms with van der Waals surface area (Å²) in [5, 5.41) is 3.60. The molecule has 3 heterocycles. The van der Waals surface area contributed by atoms with Gasteiger partial charge in [-0.15, -0.1) is 0 Å². The molecule has 1 aliphatic carbocycles. The molecule has 0 saturated carbocycles. The number of fused-ring (bicyclic) bond motifs is 2. The van der Waals surface area contributed by atoms with Crippen LogP contribution in [0.4, 0.5) is 0 Å². The minimum atomic E-state index is -0.205. The van der Waals surface area contributed by atoms with E-state index in [1.807, 2.05) is 18.3 Å². The number of aromatic nitrogens is 4. The van der Waals surface area contributed by atoms with E-state index in [4.69, 9.17) is 4.74 Å². The van der Waals surface area contributed by atoms with E-state index in [2.05, 4.69) is 52.3 Å². The zero-order chi connectivity index (χ0) is 23.7. The summed E-state index contributed by atoms with van der Waals surface area (Å²) >= 11 is 0. The van der Waals surface area contributed by atoms with Gasteiger partial charge in [0.15, 0.2) is 5.65 Å². The van der Waals surface area contributed by atoms with Crippen LogP contribution in [0, 0.1) is 13.8 Å². The number of aryl methyl sites for hydroxylation is 3. The Morgan fingerprint density at radius 2 is 1.97 bits per heavy atom. The summed E-state index contributed by atoms with van der Waals surface area (Å²) in [5.41, 5.74) is 7.96. The zero-order valence-corrected chi connectivity index (χ0v) is 19.8. The summed E-state index contributed by atoms with van der Waals surface area (Å²) in [6.45, 7) is 5.87. The van der Waals surface area contributed by atoms with Gasteiger partial charge in [0.25, 0.3) is 5.56 Å². The molecule has 7 nitrogen and oxygen atoms in total. The molecule has 3 aromatic heterocycles. The number of benzene rings is 1. The van der Waals surface area contributed by atoms with E-state index < -0.39 is 0 Å². The average Bonchev–Trinajstić information content (AvgIpc) is 2.85. The Morgan fingerprint density at radius 3 is 2.79 bits per heavy atom. The fourth-order valence-electron chi connectivity index (χ4n) is 4.75. The van der Waals surface area contributed by atoms with Crippen LogP contribution >= 0.6 is 0 Å². The normalized spacial score (nSPS) is 15.3. The molecular formula is C27H29N5O2. The Hall–Kier alpha value is -3.58. The van der Waals surface area contributed by atoms with E-state index in [0.29, 0.717) is 23.0 Å². The number of methoxy groups -OCH3 is 1. The fraction of sp³-hybridized carbons (Fsp3) is 0.333. The van der Waals surface area contributed by atoms with E-state index in [1.54, 1.807) is 17.7 Å². The van der Waals surface area contributed by atoms with E-state index in [9.17, 15) is 4.79 Å². The number of ether oxygens (including phenoxy) is 1. The summed E-state index contributed by atoms with van der Waals surface area (Å²) < 4.78 is 6.90. The molecule has 174 valence electrons. The van der Waals surface area contributed by atoms with Crippen molar-refractivity contribution in [1.29, 1.82) is 0 Å². The molecule has 1 aromatic carbocycles. The molecule has 34 heavy (non-hydrogen) atoms. The van der Waals surface area contributed by atoms with Gasteiger partial charge in [-0.3, -0.25) is 14.3 Å². The minimum Gasteiger partial charge on any atom is -0.481 e. The van der Waals surface area contributed by atoms with Gasteiger partial charge in [-0.05, 0) is 85.5 Å². The molecule has 1 atom stereocenters. The highest BCUT2D eigenvalue weighted by Crippen LogP contribution is 2.33. The summed E-state index contributed by atoms with van der Waals surface area (Å²) in [7, 11) is 1.57. The second kappa shape index (κ2) is 9.35. The van der Waals surface area contributed by atoms with Crippen molar-refractivity contribution in [2.24, 2.45) is 0 Å². The van der Waals surface area contributed by atoms with Crippen LogP contribution in [0.25, 0.3) is 16.9 Å². The standard InChI is InChI=1S/C27H29N5O2/c1-17-11-21(29-13-18(17)2)15-28-14-20-6-4-5-19-12-22(7-8-23(19)20)32-26(33)16-30-24-9-10-25(34-3)31-27(24)32/h7-13,16,20,28H,4-6,14-15H2,1-3H3. The number of rotatable bonds is 6. The molecule has 5 rings (SSSR count). The highest BCUT2D eigenvalue weighted by molar-refractivity contribution is 5.73. The predicted molar refractivity (Wildman–Crippen MR) is 133 cm³/mol. The molecule has 1 unspecified atom stereocenters. The number of pyridine rings is 2. The average molecular weight is 456 g/mol. The van der Waals surface area contributed by atoms with Crippen LogP contribution in [0.3, 0.4) is 0 Å².